The Kier molecular flexibility index (Phi) is 2.04. The van der Waals surface area contributed by atoms with Crippen LogP contribution in [-0.2, 0) is 0 Å². The number of hydrogen-bond donors (Lipinski definition) is 1. The van der Waals surface area contributed by atoms with Crippen LogP contribution in [0.1, 0.15) is 19.3 Å². The third-order valence-corrected chi connectivity index (χ3v) is 1.77. The molecule has 0 bridgehead atoms. The Hall–Kier alpha value is -0.440. The first-order valence-electron chi connectivity index (χ1n) is 3.44. The predicted molar refractivity (Wildman–Crippen MR) is 35.9 cm³/mol. The van der Waals surface area contributed by atoms with E-state index in [1.165, 1.54) is 0 Å². The Morgan fingerprint density at radius 1 is 1.60 bits per heavy atom. The molecule has 0 fully saturated rings. The maximum atomic E-state index is 12.7. The molecule has 0 amide bonds. The summed E-state index contributed by atoms with van der Waals surface area (Å²) in [5.74, 6) is -2.74. The summed E-state index contributed by atoms with van der Waals surface area (Å²) in [5, 5.41) is 0. The summed E-state index contributed by atoms with van der Waals surface area (Å²) >= 11 is 0. The van der Waals surface area contributed by atoms with Crippen molar-refractivity contribution in [1.29, 1.82) is 0 Å². The molecule has 0 atom stereocenters. The van der Waals surface area contributed by atoms with Crippen LogP contribution < -0.4 is 5.73 Å². The fourth-order valence-corrected chi connectivity index (χ4v) is 1.13. The lowest BCUT2D eigenvalue weighted by atomic mass is 10.1. The fourth-order valence-electron chi connectivity index (χ4n) is 1.13. The van der Waals surface area contributed by atoms with Crippen LogP contribution in [0.25, 0.3) is 0 Å². The minimum Gasteiger partial charge on any atom is -0.325 e. The second-order valence-electron chi connectivity index (χ2n) is 2.53. The molecule has 58 valence electrons. The molecule has 0 aromatic heterocycles. The van der Waals surface area contributed by atoms with Crippen molar-refractivity contribution in [2.24, 2.45) is 5.73 Å². The monoisotopic (exact) mass is 147 g/mol. The molecule has 0 spiro atoms. The molecule has 10 heavy (non-hydrogen) atoms. The van der Waals surface area contributed by atoms with Gasteiger partial charge in [0.25, 0.3) is 5.92 Å². The van der Waals surface area contributed by atoms with E-state index in [0.717, 1.165) is 12.8 Å². The van der Waals surface area contributed by atoms with E-state index in [4.69, 9.17) is 5.73 Å². The lowest BCUT2D eigenvalue weighted by Crippen LogP contribution is -2.29. The molecule has 1 aliphatic rings. The number of halogens is 2. The van der Waals surface area contributed by atoms with Crippen LogP contribution in [-0.4, -0.2) is 12.5 Å². The molecular weight excluding hydrogens is 136 g/mol. The third-order valence-electron chi connectivity index (χ3n) is 1.77. The summed E-state index contributed by atoms with van der Waals surface area (Å²) in [6.45, 7) is -0.557. The molecule has 0 radical (unpaired) electrons. The molecule has 0 heterocycles. The second-order valence-corrected chi connectivity index (χ2v) is 2.53. The van der Waals surface area contributed by atoms with Crippen LogP contribution in [0.3, 0.4) is 0 Å². The topological polar surface area (TPSA) is 26.0 Å². The number of allylic oxidation sites excluding steroid dienone is 1. The smallest absolute Gasteiger partial charge is 0.281 e. The Balaban J connectivity index is 2.62. The predicted octanol–water partition coefficient (Wildman–Crippen LogP) is 1.69. The molecule has 0 aliphatic heterocycles. The van der Waals surface area contributed by atoms with E-state index in [2.05, 4.69) is 0 Å². The average molecular weight is 147 g/mol. The van der Waals surface area contributed by atoms with Gasteiger partial charge >= 0.3 is 0 Å². The first-order valence-corrected chi connectivity index (χ1v) is 3.44. The van der Waals surface area contributed by atoms with Crippen LogP contribution in [0.2, 0.25) is 0 Å². The van der Waals surface area contributed by atoms with Gasteiger partial charge < -0.3 is 5.73 Å². The normalized spacial score (nSPS) is 19.3. The molecule has 1 nitrogen and oxygen atoms in total. The summed E-state index contributed by atoms with van der Waals surface area (Å²) in [7, 11) is 0. The van der Waals surface area contributed by atoms with Crippen LogP contribution in [0.5, 0.6) is 0 Å². The largest absolute Gasteiger partial charge is 0.325 e. The second kappa shape index (κ2) is 2.66. The molecule has 1 aliphatic carbocycles. The molecule has 2 N–H and O–H groups in total. The Labute approximate surface area is 58.9 Å². The van der Waals surface area contributed by atoms with Gasteiger partial charge in [0.1, 0.15) is 0 Å². The highest BCUT2D eigenvalue weighted by Crippen LogP contribution is 2.31. The van der Waals surface area contributed by atoms with Crippen LogP contribution >= 0.6 is 0 Å². The van der Waals surface area contributed by atoms with Crippen molar-refractivity contribution in [1.82, 2.24) is 0 Å². The van der Waals surface area contributed by atoms with Crippen LogP contribution in [0.15, 0.2) is 11.6 Å². The lowest BCUT2D eigenvalue weighted by Gasteiger charge is -2.14. The molecule has 0 saturated heterocycles. The van der Waals surface area contributed by atoms with Crippen molar-refractivity contribution in [3.63, 3.8) is 0 Å². The van der Waals surface area contributed by atoms with E-state index in [1.54, 1.807) is 6.08 Å². The van der Waals surface area contributed by atoms with Gasteiger partial charge in [-0.05, 0) is 24.8 Å². The van der Waals surface area contributed by atoms with Crippen molar-refractivity contribution in [2.75, 3.05) is 6.54 Å². The van der Waals surface area contributed by atoms with Gasteiger partial charge in [0, 0.05) is 0 Å². The quantitative estimate of drug-likeness (QED) is 0.591. The van der Waals surface area contributed by atoms with Crippen molar-refractivity contribution in [3.8, 4) is 0 Å². The maximum Gasteiger partial charge on any atom is 0.281 e. The fraction of sp³-hybridized carbons (Fsp3) is 0.714. The molecule has 0 aromatic carbocycles. The summed E-state index contributed by atoms with van der Waals surface area (Å²) < 4.78 is 25.3. The zero-order valence-electron chi connectivity index (χ0n) is 5.74. The van der Waals surface area contributed by atoms with Gasteiger partial charge in [0.05, 0.1) is 6.54 Å². The van der Waals surface area contributed by atoms with E-state index in [0.29, 0.717) is 6.42 Å². The highest BCUT2D eigenvalue weighted by atomic mass is 19.3. The number of nitrogens with two attached hydrogens (primary N) is 1. The van der Waals surface area contributed by atoms with E-state index < -0.39 is 12.5 Å². The Morgan fingerprint density at radius 2 is 2.30 bits per heavy atom. The molecule has 3 heteroatoms. The maximum absolute atomic E-state index is 12.7. The average Bonchev–Trinajstić information content (AvgIpc) is 2.38. The number of rotatable bonds is 2. The van der Waals surface area contributed by atoms with Crippen molar-refractivity contribution >= 4 is 0 Å². The minimum atomic E-state index is -2.74. The summed E-state index contributed by atoms with van der Waals surface area (Å²) in [6, 6.07) is 0. The molecular formula is C7H11F2N. The van der Waals surface area contributed by atoms with Gasteiger partial charge in [0.2, 0.25) is 0 Å². The Morgan fingerprint density at radius 3 is 2.70 bits per heavy atom. The van der Waals surface area contributed by atoms with Gasteiger partial charge in [-0.15, -0.1) is 0 Å². The molecule has 0 saturated carbocycles. The summed E-state index contributed by atoms with van der Waals surface area (Å²) in [5.41, 5.74) is 5.13. The number of alkyl halides is 2. The molecule has 0 unspecified atom stereocenters. The minimum absolute atomic E-state index is 0.231. The zero-order chi connectivity index (χ0) is 7.61. The van der Waals surface area contributed by atoms with Crippen LogP contribution in [0.4, 0.5) is 8.78 Å². The first kappa shape index (κ1) is 7.66. The first-order chi connectivity index (χ1) is 4.67. The van der Waals surface area contributed by atoms with Crippen molar-refractivity contribution in [3.05, 3.63) is 11.6 Å². The van der Waals surface area contributed by atoms with Crippen molar-refractivity contribution < 1.29 is 8.78 Å². The van der Waals surface area contributed by atoms with E-state index in [-0.39, 0.29) is 5.57 Å². The van der Waals surface area contributed by atoms with E-state index in [9.17, 15) is 8.78 Å². The van der Waals surface area contributed by atoms with Crippen LogP contribution in [0, 0.1) is 0 Å². The third kappa shape index (κ3) is 1.34. The zero-order valence-corrected chi connectivity index (χ0v) is 5.74. The van der Waals surface area contributed by atoms with Gasteiger partial charge in [-0.2, -0.15) is 0 Å². The summed E-state index contributed by atoms with van der Waals surface area (Å²) in [4.78, 5) is 0. The standard InChI is InChI=1S/C7H11F2N/c8-7(9,5-10)6-3-1-2-4-6/h3H,1-2,4-5,10H2. The van der Waals surface area contributed by atoms with E-state index >= 15 is 0 Å². The molecule has 1 rings (SSSR count). The van der Waals surface area contributed by atoms with Gasteiger partial charge in [-0.3, -0.25) is 0 Å². The molecule has 0 aromatic rings. The highest BCUT2D eigenvalue weighted by Gasteiger charge is 2.32. The van der Waals surface area contributed by atoms with Gasteiger partial charge in [0.15, 0.2) is 0 Å². The lowest BCUT2D eigenvalue weighted by molar-refractivity contribution is 0.0491. The number of hydrogen-bond acceptors (Lipinski definition) is 1. The van der Waals surface area contributed by atoms with Crippen molar-refractivity contribution in [2.45, 2.75) is 25.2 Å². The van der Waals surface area contributed by atoms with Gasteiger partial charge in [-0.1, -0.05) is 6.08 Å². The van der Waals surface area contributed by atoms with Gasteiger partial charge in [-0.25, -0.2) is 8.78 Å². The Bertz CT molecular complexity index is 152. The van der Waals surface area contributed by atoms with E-state index in [1.807, 2.05) is 0 Å². The summed E-state index contributed by atoms with van der Waals surface area (Å²) in [6.07, 6.45) is 3.76. The highest BCUT2D eigenvalue weighted by molar-refractivity contribution is 5.17. The SMILES string of the molecule is NCC(F)(F)C1=CCCC1.